The number of anilines is 1. The first-order valence-corrected chi connectivity index (χ1v) is 8.43. The molecular weight excluding hydrogens is 312 g/mol. The molecule has 120 valence electrons. The highest BCUT2D eigenvalue weighted by Crippen LogP contribution is 2.26. The lowest BCUT2D eigenvalue weighted by Crippen LogP contribution is -2.30. The predicted molar refractivity (Wildman–Crippen MR) is 89.9 cm³/mol. The SMILES string of the molecule is O=C(COc1ccc2c(c1)CCC(=O)N2)NCCc1cccs1. The van der Waals surface area contributed by atoms with Crippen molar-refractivity contribution in [1.82, 2.24) is 5.32 Å². The van der Waals surface area contributed by atoms with Gasteiger partial charge in [0, 0.05) is 23.5 Å². The normalized spacial score (nSPS) is 13.1. The van der Waals surface area contributed by atoms with Gasteiger partial charge in [-0.25, -0.2) is 0 Å². The van der Waals surface area contributed by atoms with E-state index in [0.717, 1.165) is 17.7 Å². The molecule has 1 aromatic carbocycles. The number of amides is 2. The van der Waals surface area contributed by atoms with Crippen LogP contribution in [0.4, 0.5) is 5.69 Å². The van der Waals surface area contributed by atoms with Gasteiger partial charge in [0.05, 0.1) is 0 Å². The maximum atomic E-state index is 11.8. The third kappa shape index (κ3) is 4.32. The molecule has 0 spiro atoms. The number of thiophene rings is 1. The fourth-order valence-corrected chi connectivity index (χ4v) is 3.14. The van der Waals surface area contributed by atoms with Crippen molar-refractivity contribution in [3.05, 3.63) is 46.2 Å². The third-order valence-electron chi connectivity index (χ3n) is 3.62. The number of aryl methyl sites for hydroxylation is 1. The summed E-state index contributed by atoms with van der Waals surface area (Å²) in [5.41, 5.74) is 1.87. The second-order valence-electron chi connectivity index (χ2n) is 5.34. The Labute approximate surface area is 138 Å². The minimum absolute atomic E-state index is 0.00438. The predicted octanol–water partition coefficient (Wildman–Crippen LogP) is 2.37. The fourth-order valence-electron chi connectivity index (χ4n) is 2.43. The molecule has 6 heteroatoms. The van der Waals surface area contributed by atoms with E-state index in [1.807, 2.05) is 23.6 Å². The summed E-state index contributed by atoms with van der Waals surface area (Å²) in [5.74, 6) is 0.553. The number of ether oxygens (including phenoxy) is 1. The highest BCUT2D eigenvalue weighted by Gasteiger charge is 2.15. The monoisotopic (exact) mass is 330 g/mol. The molecule has 2 aromatic rings. The first-order valence-electron chi connectivity index (χ1n) is 7.55. The highest BCUT2D eigenvalue weighted by atomic mass is 32.1. The first kappa shape index (κ1) is 15.6. The minimum Gasteiger partial charge on any atom is -0.484 e. The third-order valence-corrected chi connectivity index (χ3v) is 4.55. The lowest BCUT2D eigenvalue weighted by atomic mass is 10.0. The molecule has 3 rings (SSSR count). The van der Waals surface area contributed by atoms with E-state index < -0.39 is 0 Å². The van der Waals surface area contributed by atoms with Crippen LogP contribution in [0.2, 0.25) is 0 Å². The Morgan fingerprint density at radius 1 is 1.30 bits per heavy atom. The zero-order valence-corrected chi connectivity index (χ0v) is 13.4. The minimum atomic E-state index is -0.132. The van der Waals surface area contributed by atoms with Crippen LogP contribution in [0, 0.1) is 0 Å². The van der Waals surface area contributed by atoms with E-state index in [0.29, 0.717) is 25.1 Å². The second-order valence-corrected chi connectivity index (χ2v) is 6.37. The van der Waals surface area contributed by atoms with E-state index in [4.69, 9.17) is 4.74 Å². The number of carbonyl (C=O) groups excluding carboxylic acids is 2. The molecule has 5 nitrogen and oxygen atoms in total. The van der Waals surface area contributed by atoms with Crippen molar-refractivity contribution in [1.29, 1.82) is 0 Å². The average molecular weight is 330 g/mol. The molecule has 2 amide bonds. The molecule has 0 atom stereocenters. The Bertz CT molecular complexity index is 698. The molecule has 0 saturated heterocycles. The Morgan fingerprint density at radius 3 is 3.04 bits per heavy atom. The standard InChI is InChI=1S/C17H18N2O3S/c20-16-6-3-12-10-13(4-5-15(12)19-16)22-11-17(21)18-8-7-14-2-1-9-23-14/h1-2,4-5,9-10H,3,6-8,11H2,(H,18,21)(H,19,20). The van der Waals surface area contributed by atoms with Gasteiger partial charge in [0.1, 0.15) is 5.75 Å². The van der Waals surface area contributed by atoms with E-state index in [2.05, 4.69) is 16.7 Å². The summed E-state index contributed by atoms with van der Waals surface area (Å²) in [7, 11) is 0. The molecule has 2 heterocycles. The van der Waals surface area contributed by atoms with E-state index >= 15 is 0 Å². The molecule has 0 aliphatic carbocycles. The lowest BCUT2D eigenvalue weighted by molar-refractivity contribution is -0.123. The van der Waals surface area contributed by atoms with Gasteiger partial charge in [0.25, 0.3) is 5.91 Å². The summed E-state index contributed by atoms with van der Waals surface area (Å²) < 4.78 is 5.53. The van der Waals surface area contributed by atoms with Crippen LogP contribution < -0.4 is 15.4 Å². The van der Waals surface area contributed by atoms with Crippen LogP contribution in [0.15, 0.2) is 35.7 Å². The summed E-state index contributed by atoms with van der Waals surface area (Å²) in [5, 5.41) is 7.69. The zero-order valence-electron chi connectivity index (χ0n) is 12.6. The van der Waals surface area contributed by atoms with Gasteiger partial charge in [-0.15, -0.1) is 11.3 Å². The van der Waals surface area contributed by atoms with Gasteiger partial charge < -0.3 is 15.4 Å². The molecule has 1 aliphatic rings. The van der Waals surface area contributed by atoms with E-state index in [1.54, 1.807) is 17.4 Å². The van der Waals surface area contributed by atoms with E-state index in [-0.39, 0.29) is 18.4 Å². The van der Waals surface area contributed by atoms with Gasteiger partial charge in [-0.2, -0.15) is 0 Å². The highest BCUT2D eigenvalue weighted by molar-refractivity contribution is 7.09. The molecule has 0 radical (unpaired) electrons. The number of benzene rings is 1. The van der Waals surface area contributed by atoms with Gasteiger partial charge >= 0.3 is 0 Å². The number of carbonyl (C=O) groups is 2. The first-order chi connectivity index (χ1) is 11.2. The second kappa shape index (κ2) is 7.28. The molecule has 0 fully saturated rings. The number of nitrogens with one attached hydrogen (secondary N) is 2. The topological polar surface area (TPSA) is 67.4 Å². The van der Waals surface area contributed by atoms with E-state index in [1.165, 1.54) is 4.88 Å². The quantitative estimate of drug-likeness (QED) is 0.854. The Balaban J connectivity index is 1.44. The molecule has 0 bridgehead atoms. The van der Waals surface area contributed by atoms with Gasteiger partial charge in [0.15, 0.2) is 6.61 Å². The molecule has 0 saturated carbocycles. The maximum Gasteiger partial charge on any atom is 0.257 e. The van der Waals surface area contributed by atoms with Crippen LogP contribution in [-0.2, 0) is 22.4 Å². The number of hydrogen-bond acceptors (Lipinski definition) is 4. The van der Waals surface area contributed by atoms with Crippen molar-refractivity contribution in [3.8, 4) is 5.75 Å². The van der Waals surface area contributed by atoms with Crippen molar-refractivity contribution in [2.45, 2.75) is 19.3 Å². The lowest BCUT2D eigenvalue weighted by Gasteiger charge is -2.17. The summed E-state index contributed by atoms with van der Waals surface area (Å²) in [6.45, 7) is 0.606. The van der Waals surface area contributed by atoms with Crippen LogP contribution in [0.5, 0.6) is 5.75 Å². The van der Waals surface area contributed by atoms with Crippen LogP contribution in [0.1, 0.15) is 16.9 Å². The van der Waals surface area contributed by atoms with Crippen LogP contribution in [-0.4, -0.2) is 25.0 Å². The Kier molecular flexibility index (Phi) is 4.92. The zero-order chi connectivity index (χ0) is 16.1. The van der Waals surface area contributed by atoms with E-state index in [9.17, 15) is 9.59 Å². The van der Waals surface area contributed by atoms with Gasteiger partial charge in [-0.05, 0) is 48.1 Å². The Hall–Kier alpha value is -2.34. The van der Waals surface area contributed by atoms with Crippen molar-refractivity contribution in [3.63, 3.8) is 0 Å². The molecule has 23 heavy (non-hydrogen) atoms. The van der Waals surface area contributed by atoms with Crippen molar-refractivity contribution < 1.29 is 14.3 Å². The van der Waals surface area contributed by atoms with Crippen LogP contribution in [0.25, 0.3) is 0 Å². The van der Waals surface area contributed by atoms with Gasteiger partial charge in [-0.1, -0.05) is 6.07 Å². The maximum absolute atomic E-state index is 11.8. The molecular formula is C17H18N2O3S. The molecule has 0 unspecified atom stereocenters. The van der Waals surface area contributed by atoms with Crippen LogP contribution >= 0.6 is 11.3 Å². The molecule has 1 aromatic heterocycles. The van der Waals surface area contributed by atoms with Gasteiger partial charge in [-0.3, -0.25) is 9.59 Å². The van der Waals surface area contributed by atoms with Crippen LogP contribution in [0.3, 0.4) is 0 Å². The average Bonchev–Trinajstić information content (AvgIpc) is 3.06. The number of hydrogen-bond donors (Lipinski definition) is 2. The smallest absolute Gasteiger partial charge is 0.257 e. The molecule has 1 aliphatic heterocycles. The summed E-state index contributed by atoms with van der Waals surface area (Å²) in [6.07, 6.45) is 2.02. The fraction of sp³-hybridized carbons (Fsp3) is 0.294. The van der Waals surface area contributed by atoms with Crippen molar-refractivity contribution in [2.75, 3.05) is 18.5 Å². The largest absolute Gasteiger partial charge is 0.484 e. The van der Waals surface area contributed by atoms with Gasteiger partial charge in [0.2, 0.25) is 5.91 Å². The Morgan fingerprint density at radius 2 is 2.22 bits per heavy atom. The van der Waals surface area contributed by atoms with Crippen molar-refractivity contribution in [2.24, 2.45) is 0 Å². The number of fused-ring (bicyclic) bond motifs is 1. The summed E-state index contributed by atoms with van der Waals surface area (Å²) >= 11 is 1.69. The number of rotatable bonds is 6. The molecule has 2 N–H and O–H groups in total. The summed E-state index contributed by atoms with van der Waals surface area (Å²) in [4.78, 5) is 24.4. The summed E-state index contributed by atoms with van der Waals surface area (Å²) in [6, 6.07) is 9.52. The van der Waals surface area contributed by atoms with Crippen molar-refractivity contribution >= 4 is 28.8 Å².